The van der Waals surface area contributed by atoms with E-state index in [0.717, 1.165) is 17.6 Å². The number of pyridine rings is 1. The van der Waals surface area contributed by atoms with Crippen molar-refractivity contribution in [3.8, 4) is 0 Å². The van der Waals surface area contributed by atoms with Gasteiger partial charge in [0.15, 0.2) is 0 Å². The molecule has 0 radical (unpaired) electrons. The molecule has 2 heterocycles. The largest absolute Gasteiger partial charge is 0.295 e. The van der Waals surface area contributed by atoms with E-state index in [9.17, 15) is 0 Å². The fourth-order valence-corrected chi connectivity index (χ4v) is 5.48. The predicted molar refractivity (Wildman–Crippen MR) is 110 cm³/mol. The Bertz CT molecular complexity index is 1220. The summed E-state index contributed by atoms with van der Waals surface area (Å²) in [7, 11) is 0. The van der Waals surface area contributed by atoms with Gasteiger partial charge in [0.2, 0.25) is 0 Å². The summed E-state index contributed by atoms with van der Waals surface area (Å²) in [4.78, 5) is 5.10. The summed E-state index contributed by atoms with van der Waals surface area (Å²) in [5, 5.41) is 2.64. The maximum atomic E-state index is 5.10. The van der Waals surface area contributed by atoms with E-state index in [1.165, 1.54) is 38.7 Å². The van der Waals surface area contributed by atoms with Gasteiger partial charge in [-0.2, -0.15) is 0 Å². The molecule has 26 heavy (non-hydrogen) atoms. The van der Waals surface area contributed by atoms with Crippen molar-refractivity contribution in [2.24, 2.45) is 0 Å². The average molecular weight is 342 g/mol. The Morgan fingerprint density at radius 1 is 0.885 bits per heavy atom. The van der Waals surface area contributed by atoms with Gasteiger partial charge in [-0.25, -0.2) is 4.98 Å². The number of imidazole rings is 1. The Labute approximate surface area is 154 Å². The monoisotopic (exact) mass is 342 g/mol. The molecule has 0 N–H and O–H groups in total. The molecule has 0 unspecified atom stereocenters. The van der Waals surface area contributed by atoms with E-state index < -0.39 is 0 Å². The Morgan fingerprint density at radius 2 is 1.54 bits per heavy atom. The normalized spacial score (nSPS) is 18.1. The van der Waals surface area contributed by atoms with Crippen molar-refractivity contribution in [2.75, 3.05) is 0 Å². The van der Waals surface area contributed by atoms with E-state index in [0.29, 0.717) is 0 Å². The molecular weight excluding hydrogens is 316 g/mol. The second-order valence-electron chi connectivity index (χ2n) is 9.41. The standard InChI is InChI=1S/C24H26N2/c1-14-11-18-19(12-15(14)2)26-21-20(23(3,4)13-24(21,5)6)16-9-7-8-10-17(16)22(26)25-18/h7-12H,13H2,1-6H3. The van der Waals surface area contributed by atoms with E-state index in [1.54, 1.807) is 0 Å². The number of aromatic nitrogens is 2. The van der Waals surface area contributed by atoms with Gasteiger partial charge in [0.25, 0.3) is 0 Å². The number of nitrogens with zero attached hydrogens (tertiary/aromatic N) is 2. The van der Waals surface area contributed by atoms with Gasteiger partial charge in [-0.1, -0.05) is 52.0 Å². The molecule has 0 saturated heterocycles. The molecule has 2 nitrogen and oxygen atoms in total. The molecule has 1 aliphatic carbocycles. The molecule has 5 rings (SSSR count). The van der Waals surface area contributed by atoms with Gasteiger partial charge in [-0.05, 0) is 59.9 Å². The number of hydrogen-bond acceptors (Lipinski definition) is 1. The molecule has 2 aromatic heterocycles. The molecule has 0 aliphatic heterocycles. The van der Waals surface area contributed by atoms with Gasteiger partial charge in [0.05, 0.1) is 11.0 Å². The molecule has 0 atom stereocenters. The lowest BCUT2D eigenvalue weighted by Crippen LogP contribution is -2.19. The van der Waals surface area contributed by atoms with E-state index in [2.05, 4.69) is 82.3 Å². The molecule has 0 fully saturated rings. The Hall–Kier alpha value is -2.35. The Morgan fingerprint density at radius 3 is 2.27 bits per heavy atom. The predicted octanol–water partition coefficient (Wildman–Crippen LogP) is 6.22. The highest BCUT2D eigenvalue weighted by atomic mass is 15.0. The second-order valence-corrected chi connectivity index (χ2v) is 9.41. The third-order valence-electron chi connectivity index (χ3n) is 6.37. The smallest absolute Gasteiger partial charge is 0.146 e. The van der Waals surface area contributed by atoms with Crippen LogP contribution in [0.1, 0.15) is 56.5 Å². The van der Waals surface area contributed by atoms with Crippen LogP contribution >= 0.6 is 0 Å². The number of rotatable bonds is 0. The lowest BCUT2D eigenvalue weighted by Gasteiger charge is -2.22. The minimum Gasteiger partial charge on any atom is -0.295 e. The van der Waals surface area contributed by atoms with Crippen LogP contribution in [-0.2, 0) is 10.8 Å². The highest BCUT2D eigenvalue weighted by molar-refractivity contribution is 6.02. The number of fused-ring (bicyclic) bond motifs is 8. The molecule has 132 valence electrons. The third-order valence-corrected chi connectivity index (χ3v) is 6.37. The van der Waals surface area contributed by atoms with Gasteiger partial charge in [0.1, 0.15) is 5.65 Å². The van der Waals surface area contributed by atoms with E-state index in [4.69, 9.17) is 4.98 Å². The summed E-state index contributed by atoms with van der Waals surface area (Å²) in [6.07, 6.45) is 1.16. The van der Waals surface area contributed by atoms with Gasteiger partial charge in [0, 0.05) is 16.5 Å². The molecule has 2 heteroatoms. The summed E-state index contributed by atoms with van der Waals surface area (Å²) in [5.74, 6) is 0. The summed E-state index contributed by atoms with van der Waals surface area (Å²) < 4.78 is 2.47. The molecule has 4 aromatic rings. The van der Waals surface area contributed by atoms with E-state index >= 15 is 0 Å². The first kappa shape index (κ1) is 15.9. The molecular formula is C24H26N2. The zero-order valence-corrected chi connectivity index (χ0v) is 16.6. The minimum absolute atomic E-state index is 0.119. The van der Waals surface area contributed by atoms with Crippen LogP contribution in [0.25, 0.3) is 27.5 Å². The van der Waals surface area contributed by atoms with Crippen LogP contribution in [0.15, 0.2) is 36.4 Å². The average Bonchev–Trinajstić information content (AvgIpc) is 2.99. The van der Waals surface area contributed by atoms with Gasteiger partial charge >= 0.3 is 0 Å². The number of benzene rings is 2. The van der Waals surface area contributed by atoms with Crippen molar-refractivity contribution in [1.82, 2.24) is 9.38 Å². The zero-order valence-electron chi connectivity index (χ0n) is 16.6. The first-order chi connectivity index (χ1) is 12.2. The first-order valence-electron chi connectivity index (χ1n) is 9.56. The fourth-order valence-electron chi connectivity index (χ4n) is 5.48. The van der Waals surface area contributed by atoms with Gasteiger partial charge in [-0.15, -0.1) is 0 Å². The molecule has 0 spiro atoms. The first-order valence-corrected chi connectivity index (χ1v) is 9.56. The lowest BCUT2D eigenvalue weighted by molar-refractivity contribution is 0.399. The Kier molecular flexibility index (Phi) is 2.85. The molecule has 0 bridgehead atoms. The molecule has 0 saturated carbocycles. The summed E-state index contributed by atoms with van der Waals surface area (Å²) in [6, 6.07) is 13.4. The van der Waals surface area contributed by atoms with Crippen molar-refractivity contribution >= 4 is 27.5 Å². The van der Waals surface area contributed by atoms with Crippen molar-refractivity contribution in [1.29, 1.82) is 0 Å². The Balaban J connectivity index is 2.14. The minimum atomic E-state index is 0.119. The van der Waals surface area contributed by atoms with Crippen LogP contribution in [0.5, 0.6) is 0 Å². The SMILES string of the molecule is Cc1cc2nc3c4ccccc4c4c(n3c2cc1C)C(C)(C)CC4(C)C. The van der Waals surface area contributed by atoms with Crippen LogP contribution in [0.2, 0.25) is 0 Å². The number of hydrogen-bond donors (Lipinski definition) is 0. The summed E-state index contributed by atoms with van der Waals surface area (Å²) in [5.41, 5.74) is 9.31. The van der Waals surface area contributed by atoms with Crippen LogP contribution in [0, 0.1) is 13.8 Å². The van der Waals surface area contributed by atoms with Crippen LogP contribution in [-0.4, -0.2) is 9.38 Å². The van der Waals surface area contributed by atoms with Gasteiger partial charge < -0.3 is 0 Å². The van der Waals surface area contributed by atoms with Crippen LogP contribution < -0.4 is 0 Å². The lowest BCUT2D eigenvalue weighted by atomic mass is 9.81. The van der Waals surface area contributed by atoms with Crippen molar-refractivity contribution in [3.05, 3.63) is 58.8 Å². The third kappa shape index (κ3) is 1.85. The summed E-state index contributed by atoms with van der Waals surface area (Å²) in [6.45, 7) is 13.9. The van der Waals surface area contributed by atoms with E-state index in [1.807, 2.05) is 0 Å². The maximum absolute atomic E-state index is 5.10. The number of aryl methyl sites for hydroxylation is 2. The fraction of sp³-hybridized carbons (Fsp3) is 0.375. The molecule has 1 aliphatic rings. The second kappa shape index (κ2) is 4.68. The van der Waals surface area contributed by atoms with Crippen molar-refractivity contribution in [2.45, 2.75) is 58.8 Å². The quantitative estimate of drug-likeness (QED) is 0.371. The summed E-state index contributed by atoms with van der Waals surface area (Å²) >= 11 is 0. The van der Waals surface area contributed by atoms with Crippen LogP contribution in [0.4, 0.5) is 0 Å². The van der Waals surface area contributed by atoms with Crippen molar-refractivity contribution < 1.29 is 0 Å². The van der Waals surface area contributed by atoms with Gasteiger partial charge in [-0.3, -0.25) is 4.40 Å². The zero-order chi connectivity index (χ0) is 18.4. The van der Waals surface area contributed by atoms with Crippen molar-refractivity contribution in [3.63, 3.8) is 0 Å². The maximum Gasteiger partial charge on any atom is 0.146 e. The molecule has 2 aromatic carbocycles. The highest BCUT2D eigenvalue weighted by Gasteiger charge is 2.45. The van der Waals surface area contributed by atoms with Crippen LogP contribution in [0.3, 0.4) is 0 Å². The van der Waals surface area contributed by atoms with E-state index in [-0.39, 0.29) is 10.8 Å². The molecule has 0 amide bonds. The topological polar surface area (TPSA) is 17.3 Å². The highest BCUT2D eigenvalue weighted by Crippen LogP contribution is 2.52.